The summed E-state index contributed by atoms with van der Waals surface area (Å²) >= 11 is 3.39. The predicted molar refractivity (Wildman–Crippen MR) is 115 cm³/mol. The average molecular weight is 475 g/mol. The molecule has 0 fully saturated rings. The molecule has 0 aromatic heterocycles. The second-order valence-electron chi connectivity index (χ2n) is 6.35. The molecule has 0 aliphatic rings. The van der Waals surface area contributed by atoms with E-state index < -0.39 is 21.6 Å². The van der Waals surface area contributed by atoms with Crippen molar-refractivity contribution < 1.29 is 23.1 Å². The molecule has 0 spiro atoms. The molecule has 0 saturated heterocycles. The monoisotopic (exact) mass is 474 g/mol. The Hall–Kier alpha value is -2.64. The van der Waals surface area contributed by atoms with Gasteiger partial charge in [-0.25, -0.2) is 13.2 Å². The van der Waals surface area contributed by atoms with Crippen molar-refractivity contribution in [3.05, 3.63) is 82.3 Å². The van der Waals surface area contributed by atoms with Gasteiger partial charge in [0.1, 0.15) is 5.75 Å². The first-order chi connectivity index (χ1) is 13.8. The minimum atomic E-state index is -3.72. The lowest BCUT2D eigenvalue weighted by Gasteiger charge is -2.10. The first-order valence-electron chi connectivity index (χ1n) is 8.88. The number of esters is 1. The predicted octanol–water partition coefficient (Wildman–Crippen LogP) is 4.97. The number of benzene rings is 3. The molecule has 1 N–H and O–H groups in total. The largest absolute Gasteiger partial charge is 0.508 e. The molecule has 0 heterocycles. The van der Waals surface area contributed by atoms with Gasteiger partial charge in [-0.3, -0.25) is 0 Å². The number of ether oxygens (including phenoxy) is 1. The van der Waals surface area contributed by atoms with Crippen molar-refractivity contribution in [3.8, 4) is 16.9 Å². The number of hydrogen-bond acceptors (Lipinski definition) is 5. The van der Waals surface area contributed by atoms with Gasteiger partial charge in [-0.15, -0.1) is 0 Å². The van der Waals surface area contributed by atoms with E-state index in [0.29, 0.717) is 0 Å². The molecule has 0 bridgehead atoms. The summed E-state index contributed by atoms with van der Waals surface area (Å²) in [6, 6.07) is 18.3. The van der Waals surface area contributed by atoms with Gasteiger partial charge in [-0.1, -0.05) is 40.2 Å². The number of aromatic hydroxyl groups is 1. The zero-order chi connectivity index (χ0) is 21.0. The number of phenolic OH excluding ortho intramolecular Hbond substituents is 1. The van der Waals surface area contributed by atoms with Crippen molar-refractivity contribution in [3.63, 3.8) is 0 Å². The lowest BCUT2D eigenvalue weighted by molar-refractivity contribution is 0.0526. The number of halogens is 1. The number of carbonyl (C=O) groups is 1. The number of rotatable bonds is 6. The second kappa shape index (κ2) is 8.80. The van der Waals surface area contributed by atoms with E-state index in [-0.39, 0.29) is 28.4 Å². The Labute approximate surface area is 178 Å². The van der Waals surface area contributed by atoms with Crippen LogP contribution in [-0.2, 0) is 20.3 Å². The molecule has 29 heavy (non-hydrogen) atoms. The highest BCUT2D eigenvalue weighted by Gasteiger charge is 2.19. The highest BCUT2D eigenvalue weighted by atomic mass is 79.9. The van der Waals surface area contributed by atoms with Gasteiger partial charge in [-0.2, -0.15) is 0 Å². The summed E-state index contributed by atoms with van der Waals surface area (Å²) < 4.78 is 31.5. The van der Waals surface area contributed by atoms with Gasteiger partial charge in [0.05, 0.1) is 22.8 Å². The molecule has 3 aromatic rings. The molecule has 3 rings (SSSR count). The van der Waals surface area contributed by atoms with Crippen LogP contribution >= 0.6 is 15.9 Å². The van der Waals surface area contributed by atoms with Gasteiger partial charge in [0.25, 0.3) is 0 Å². The fraction of sp³-hybridized carbons (Fsp3) is 0.136. The lowest BCUT2D eigenvalue weighted by Crippen LogP contribution is -2.08. The molecular formula is C22H19BrO5S. The molecular weight excluding hydrogens is 456 g/mol. The SMILES string of the molecule is CCOC(=O)c1ccc(O)c(CS(=O)(=O)c2ccc(-c3ccc(Br)cc3)cc2)c1. The van der Waals surface area contributed by atoms with Crippen LogP contribution in [-0.4, -0.2) is 26.1 Å². The van der Waals surface area contributed by atoms with Crippen molar-refractivity contribution in [1.29, 1.82) is 0 Å². The molecule has 150 valence electrons. The minimum absolute atomic E-state index is 0.138. The van der Waals surface area contributed by atoms with Crippen molar-refractivity contribution in [2.75, 3.05) is 6.61 Å². The van der Waals surface area contributed by atoms with E-state index in [1.54, 1.807) is 31.2 Å². The lowest BCUT2D eigenvalue weighted by atomic mass is 10.1. The van der Waals surface area contributed by atoms with Crippen LogP contribution < -0.4 is 0 Å². The van der Waals surface area contributed by atoms with Gasteiger partial charge in [0.15, 0.2) is 9.84 Å². The Kier molecular flexibility index (Phi) is 6.39. The molecule has 0 aliphatic carbocycles. The molecule has 0 radical (unpaired) electrons. The third-order valence-corrected chi connectivity index (χ3v) is 6.54. The summed E-state index contributed by atoms with van der Waals surface area (Å²) in [7, 11) is -3.72. The molecule has 0 atom stereocenters. The zero-order valence-corrected chi connectivity index (χ0v) is 18.0. The van der Waals surface area contributed by atoms with E-state index in [2.05, 4.69) is 15.9 Å². The Morgan fingerprint density at radius 3 is 2.14 bits per heavy atom. The molecule has 0 amide bonds. The average Bonchev–Trinajstić information content (AvgIpc) is 2.70. The van der Waals surface area contributed by atoms with Crippen LogP contribution in [0.2, 0.25) is 0 Å². The minimum Gasteiger partial charge on any atom is -0.508 e. The maximum absolute atomic E-state index is 12.8. The van der Waals surface area contributed by atoms with E-state index in [1.165, 1.54) is 18.2 Å². The van der Waals surface area contributed by atoms with Gasteiger partial charge in [0, 0.05) is 10.0 Å². The van der Waals surface area contributed by atoms with Gasteiger partial charge >= 0.3 is 5.97 Å². The summed E-state index contributed by atoms with van der Waals surface area (Å²) in [5, 5.41) is 10.1. The maximum atomic E-state index is 12.8. The third kappa shape index (κ3) is 5.05. The van der Waals surface area contributed by atoms with Crippen LogP contribution in [0, 0.1) is 0 Å². The van der Waals surface area contributed by atoms with Crippen LogP contribution in [0.5, 0.6) is 5.75 Å². The number of sulfone groups is 1. The number of phenols is 1. The summed E-state index contributed by atoms with van der Waals surface area (Å²) in [6.07, 6.45) is 0. The smallest absolute Gasteiger partial charge is 0.338 e. The van der Waals surface area contributed by atoms with Gasteiger partial charge < -0.3 is 9.84 Å². The normalized spacial score (nSPS) is 11.2. The maximum Gasteiger partial charge on any atom is 0.338 e. The molecule has 0 saturated carbocycles. The topological polar surface area (TPSA) is 80.7 Å². The Balaban J connectivity index is 1.85. The highest BCUT2D eigenvalue weighted by Crippen LogP contribution is 2.27. The van der Waals surface area contributed by atoms with Crippen molar-refractivity contribution in [2.24, 2.45) is 0 Å². The first kappa shape index (κ1) is 21.1. The Morgan fingerprint density at radius 2 is 1.55 bits per heavy atom. The van der Waals surface area contributed by atoms with Crippen LogP contribution in [0.1, 0.15) is 22.8 Å². The van der Waals surface area contributed by atoms with E-state index in [4.69, 9.17) is 4.74 Å². The van der Waals surface area contributed by atoms with Gasteiger partial charge in [-0.05, 0) is 60.5 Å². The first-order valence-corrected chi connectivity index (χ1v) is 11.3. The van der Waals surface area contributed by atoms with Crippen molar-refractivity contribution in [1.82, 2.24) is 0 Å². The fourth-order valence-corrected chi connectivity index (χ4v) is 4.45. The van der Waals surface area contributed by atoms with E-state index in [0.717, 1.165) is 15.6 Å². The second-order valence-corrected chi connectivity index (χ2v) is 9.26. The Bertz CT molecular complexity index is 1120. The summed E-state index contributed by atoms with van der Waals surface area (Å²) in [5.41, 5.74) is 2.20. The van der Waals surface area contributed by atoms with E-state index >= 15 is 0 Å². The molecule has 5 nitrogen and oxygen atoms in total. The molecule has 0 unspecified atom stereocenters. The fourth-order valence-electron chi connectivity index (χ4n) is 2.83. The zero-order valence-electron chi connectivity index (χ0n) is 15.6. The van der Waals surface area contributed by atoms with Gasteiger partial charge in [0.2, 0.25) is 0 Å². The van der Waals surface area contributed by atoms with Crippen molar-refractivity contribution >= 4 is 31.7 Å². The summed E-state index contributed by atoms with van der Waals surface area (Å²) in [4.78, 5) is 12.0. The van der Waals surface area contributed by atoms with Crippen LogP contribution in [0.15, 0.2) is 76.1 Å². The standard InChI is InChI=1S/C22H19BrO5S/c1-2-28-22(25)17-7-12-21(24)18(13-17)14-29(26,27)20-10-5-16(6-11-20)15-3-8-19(23)9-4-15/h3-13,24H,2,14H2,1H3. The highest BCUT2D eigenvalue weighted by molar-refractivity contribution is 9.10. The van der Waals surface area contributed by atoms with E-state index in [1.807, 2.05) is 24.3 Å². The summed E-state index contributed by atoms with van der Waals surface area (Å²) in [6.45, 7) is 1.89. The summed E-state index contributed by atoms with van der Waals surface area (Å²) in [5.74, 6) is -1.18. The van der Waals surface area contributed by atoms with Crippen LogP contribution in [0.4, 0.5) is 0 Å². The van der Waals surface area contributed by atoms with Crippen molar-refractivity contribution in [2.45, 2.75) is 17.6 Å². The quantitative estimate of drug-likeness (QED) is 0.509. The molecule has 7 heteroatoms. The molecule has 3 aromatic carbocycles. The van der Waals surface area contributed by atoms with E-state index in [9.17, 15) is 18.3 Å². The van der Waals surface area contributed by atoms with Crippen LogP contribution in [0.25, 0.3) is 11.1 Å². The van der Waals surface area contributed by atoms with Crippen LogP contribution in [0.3, 0.4) is 0 Å². The number of carbonyl (C=O) groups excluding carboxylic acids is 1. The Morgan fingerprint density at radius 1 is 0.966 bits per heavy atom. The third-order valence-electron chi connectivity index (χ3n) is 4.33. The molecule has 0 aliphatic heterocycles. The number of hydrogen-bond donors (Lipinski definition) is 1.